The van der Waals surface area contributed by atoms with Gasteiger partial charge in [-0.3, -0.25) is 0 Å². The van der Waals surface area contributed by atoms with Crippen molar-refractivity contribution >= 4 is 0 Å². The predicted octanol–water partition coefficient (Wildman–Crippen LogP) is 5.12. The molecule has 0 atom stereocenters. The molecular weight excluding hydrogens is 228 g/mol. The van der Waals surface area contributed by atoms with Crippen LogP contribution >= 0.6 is 0 Å². The minimum atomic E-state index is 0.202. The summed E-state index contributed by atoms with van der Waals surface area (Å²) in [5.74, 6) is 0. The van der Waals surface area contributed by atoms with Gasteiger partial charge in [-0.2, -0.15) is 0 Å². The summed E-state index contributed by atoms with van der Waals surface area (Å²) < 4.78 is 0. The molecule has 2 aromatic rings. The first-order chi connectivity index (χ1) is 9.02. The maximum atomic E-state index is 2.35. The second-order valence-electron chi connectivity index (χ2n) is 6.56. The Labute approximate surface area is 116 Å². The highest BCUT2D eigenvalue weighted by atomic mass is 14.3. The second kappa shape index (κ2) is 4.23. The molecule has 1 aliphatic rings. The van der Waals surface area contributed by atoms with Gasteiger partial charge in [-0.15, -0.1) is 0 Å². The molecule has 0 heterocycles. The lowest BCUT2D eigenvalue weighted by molar-refractivity contribution is 0.591. The van der Waals surface area contributed by atoms with E-state index >= 15 is 0 Å². The number of hydrogen-bond donors (Lipinski definition) is 0. The van der Waals surface area contributed by atoms with Crippen LogP contribution in [0.25, 0.3) is 11.1 Å². The molecule has 0 saturated carbocycles. The first kappa shape index (κ1) is 12.5. The van der Waals surface area contributed by atoms with Crippen LogP contribution in [0.1, 0.15) is 49.9 Å². The molecule has 0 radical (unpaired) electrons. The Morgan fingerprint density at radius 3 is 2.42 bits per heavy atom. The highest BCUT2D eigenvalue weighted by molar-refractivity contribution is 5.81. The van der Waals surface area contributed by atoms with Crippen molar-refractivity contribution in [3.63, 3.8) is 0 Å². The average Bonchev–Trinajstić information content (AvgIpc) is 2.75. The summed E-state index contributed by atoms with van der Waals surface area (Å²) >= 11 is 0. The third kappa shape index (κ3) is 1.90. The third-order valence-corrected chi connectivity index (χ3v) is 4.25. The third-order valence-electron chi connectivity index (χ3n) is 4.25. The summed E-state index contributed by atoms with van der Waals surface area (Å²) in [6, 6.07) is 13.6. The van der Waals surface area contributed by atoms with Gasteiger partial charge in [0.05, 0.1) is 0 Å². The molecule has 0 nitrogen and oxygen atoms in total. The zero-order valence-corrected chi connectivity index (χ0v) is 12.4. The maximum absolute atomic E-state index is 2.35. The maximum Gasteiger partial charge on any atom is -0.00106 e. The van der Waals surface area contributed by atoms with Crippen LogP contribution in [0.5, 0.6) is 0 Å². The smallest absolute Gasteiger partial charge is 0.00106 e. The van der Waals surface area contributed by atoms with E-state index in [0.717, 1.165) is 12.8 Å². The van der Waals surface area contributed by atoms with Crippen molar-refractivity contribution in [3.8, 4) is 11.1 Å². The van der Waals surface area contributed by atoms with Crippen molar-refractivity contribution in [1.82, 2.24) is 0 Å². The van der Waals surface area contributed by atoms with Gasteiger partial charge in [-0.25, -0.2) is 0 Å². The Kier molecular flexibility index (Phi) is 2.78. The Balaban J connectivity index is 2.33. The van der Waals surface area contributed by atoms with Gasteiger partial charge in [0.2, 0.25) is 0 Å². The van der Waals surface area contributed by atoms with Gasteiger partial charge in [0, 0.05) is 0 Å². The summed E-state index contributed by atoms with van der Waals surface area (Å²) in [6.07, 6.45) is 2.24. The Bertz CT molecular complexity index is 627. The van der Waals surface area contributed by atoms with E-state index in [-0.39, 0.29) is 5.41 Å². The van der Waals surface area contributed by atoms with Crippen molar-refractivity contribution < 1.29 is 0 Å². The number of hydrogen-bond acceptors (Lipinski definition) is 0. The van der Waals surface area contributed by atoms with Gasteiger partial charge in [-0.1, -0.05) is 64.1 Å². The van der Waals surface area contributed by atoms with Crippen LogP contribution in [0, 0.1) is 0 Å². The molecular formula is C19H22. The normalized spacial score (nSPS) is 13.3. The van der Waals surface area contributed by atoms with E-state index < -0.39 is 0 Å². The van der Waals surface area contributed by atoms with Crippen LogP contribution in [-0.2, 0) is 18.3 Å². The first-order valence-corrected chi connectivity index (χ1v) is 7.26. The first-order valence-electron chi connectivity index (χ1n) is 7.26. The summed E-state index contributed by atoms with van der Waals surface area (Å²) in [6.45, 7) is 9.20. The van der Waals surface area contributed by atoms with Crippen molar-refractivity contribution in [2.24, 2.45) is 0 Å². The minimum absolute atomic E-state index is 0.202. The van der Waals surface area contributed by atoms with Crippen molar-refractivity contribution in [3.05, 3.63) is 58.7 Å². The molecule has 2 aromatic carbocycles. The molecule has 0 N–H and O–H groups in total. The SMILES string of the molecule is CCc1ccc(C(C)(C)C)c2c1Cc1ccccc1-2. The molecule has 98 valence electrons. The number of benzene rings is 2. The van der Waals surface area contributed by atoms with Crippen LogP contribution in [0.15, 0.2) is 36.4 Å². The molecule has 0 heteroatoms. The van der Waals surface area contributed by atoms with Crippen LogP contribution in [-0.4, -0.2) is 0 Å². The van der Waals surface area contributed by atoms with Crippen LogP contribution in [0.4, 0.5) is 0 Å². The summed E-state index contributed by atoms with van der Waals surface area (Å²) in [7, 11) is 0. The van der Waals surface area contributed by atoms with Crippen LogP contribution in [0.3, 0.4) is 0 Å². The summed E-state index contributed by atoms with van der Waals surface area (Å²) in [5.41, 5.74) is 9.23. The summed E-state index contributed by atoms with van der Waals surface area (Å²) in [4.78, 5) is 0. The molecule has 0 saturated heterocycles. The molecule has 0 bridgehead atoms. The van der Waals surface area contributed by atoms with Crippen LogP contribution < -0.4 is 0 Å². The molecule has 19 heavy (non-hydrogen) atoms. The Morgan fingerprint density at radius 2 is 1.74 bits per heavy atom. The highest BCUT2D eigenvalue weighted by Crippen LogP contribution is 2.44. The largest absolute Gasteiger partial charge is 0.0619 e. The van der Waals surface area contributed by atoms with E-state index in [1.807, 2.05) is 0 Å². The van der Waals surface area contributed by atoms with Crippen molar-refractivity contribution in [1.29, 1.82) is 0 Å². The van der Waals surface area contributed by atoms with E-state index in [1.54, 1.807) is 5.56 Å². The molecule has 0 unspecified atom stereocenters. The average molecular weight is 250 g/mol. The van der Waals surface area contributed by atoms with Gasteiger partial charge in [0.25, 0.3) is 0 Å². The molecule has 3 rings (SSSR count). The molecule has 1 aliphatic carbocycles. The molecule has 0 aliphatic heterocycles. The standard InChI is InChI=1S/C19H22/c1-5-13-10-11-17(19(2,3)4)18-15-9-7-6-8-14(15)12-16(13)18/h6-11H,5,12H2,1-4H3. The fourth-order valence-electron chi connectivity index (χ4n) is 3.27. The lowest BCUT2D eigenvalue weighted by atomic mass is 9.80. The lowest BCUT2D eigenvalue weighted by Gasteiger charge is -2.24. The van der Waals surface area contributed by atoms with Crippen LogP contribution in [0.2, 0.25) is 0 Å². The highest BCUT2D eigenvalue weighted by Gasteiger charge is 2.27. The zero-order chi connectivity index (χ0) is 13.6. The Morgan fingerprint density at radius 1 is 1.00 bits per heavy atom. The second-order valence-corrected chi connectivity index (χ2v) is 6.56. The quantitative estimate of drug-likeness (QED) is 0.562. The molecule has 0 aromatic heterocycles. The van der Waals surface area contributed by atoms with Gasteiger partial charge < -0.3 is 0 Å². The summed E-state index contributed by atoms with van der Waals surface area (Å²) in [5, 5.41) is 0. The predicted molar refractivity (Wildman–Crippen MR) is 82.8 cm³/mol. The van der Waals surface area contributed by atoms with Gasteiger partial charge in [0.15, 0.2) is 0 Å². The van der Waals surface area contributed by atoms with E-state index in [4.69, 9.17) is 0 Å². The van der Waals surface area contributed by atoms with E-state index in [1.165, 1.54) is 27.8 Å². The molecule has 0 spiro atoms. The fourth-order valence-corrected chi connectivity index (χ4v) is 3.27. The number of aryl methyl sites for hydroxylation is 1. The topological polar surface area (TPSA) is 0 Å². The Hall–Kier alpha value is -1.56. The van der Waals surface area contributed by atoms with E-state index in [2.05, 4.69) is 64.1 Å². The van der Waals surface area contributed by atoms with Crippen molar-refractivity contribution in [2.75, 3.05) is 0 Å². The molecule has 0 amide bonds. The monoisotopic (exact) mass is 250 g/mol. The lowest BCUT2D eigenvalue weighted by Crippen LogP contribution is -2.13. The fraction of sp³-hybridized carbons (Fsp3) is 0.368. The van der Waals surface area contributed by atoms with Gasteiger partial charge in [-0.05, 0) is 51.6 Å². The zero-order valence-electron chi connectivity index (χ0n) is 12.4. The van der Waals surface area contributed by atoms with Gasteiger partial charge >= 0.3 is 0 Å². The number of fused-ring (bicyclic) bond motifs is 3. The van der Waals surface area contributed by atoms with Crippen molar-refractivity contribution in [2.45, 2.75) is 46.0 Å². The number of rotatable bonds is 1. The van der Waals surface area contributed by atoms with E-state index in [9.17, 15) is 0 Å². The molecule has 0 fully saturated rings. The minimum Gasteiger partial charge on any atom is -0.0619 e. The van der Waals surface area contributed by atoms with Gasteiger partial charge in [0.1, 0.15) is 0 Å². The van der Waals surface area contributed by atoms with E-state index in [0.29, 0.717) is 0 Å².